The Labute approximate surface area is 103 Å². The van der Waals surface area contributed by atoms with Gasteiger partial charge < -0.3 is 9.15 Å². The first-order valence-electron chi connectivity index (χ1n) is 6.41. The fourth-order valence-electron chi connectivity index (χ4n) is 1.70. The van der Waals surface area contributed by atoms with Crippen molar-refractivity contribution in [2.24, 2.45) is 0 Å². The SMILES string of the molecule is CCCCCCC(C)OCc1ccc(C=O)o1. The average molecular weight is 238 g/mol. The lowest BCUT2D eigenvalue weighted by molar-refractivity contribution is 0.0357. The van der Waals surface area contributed by atoms with Crippen molar-refractivity contribution in [2.45, 2.75) is 58.7 Å². The monoisotopic (exact) mass is 238 g/mol. The summed E-state index contributed by atoms with van der Waals surface area (Å²) in [5.74, 6) is 1.08. The molecule has 0 aromatic carbocycles. The Morgan fingerprint density at radius 3 is 2.82 bits per heavy atom. The van der Waals surface area contributed by atoms with Gasteiger partial charge in [-0.15, -0.1) is 0 Å². The minimum Gasteiger partial charge on any atom is -0.456 e. The highest BCUT2D eigenvalue weighted by atomic mass is 16.5. The Bertz CT molecular complexity index is 317. The molecule has 1 aromatic rings. The summed E-state index contributed by atoms with van der Waals surface area (Å²) in [5.41, 5.74) is 0. The quantitative estimate of drug-likeness (QED) is 0.482. The van der Waals surface area contributed by atoms with Crippen LogP contribution in [0.3, 0.4) is 0 Å². The molecule has 0 radical (unpaired) electrons. The smallest absolute Gasteiger partial charge is 0.185 e. The Morgan fingerprint density at radius 2 is 2.18 bits per heavy atom. The Kier molecular flexibility index (Phi) is 6.63. The molecule has 3 nitrogen and oxygen atoms in total. The fraction of sp³-hybridized carbons (Fsp3) is 0.643. The number of carbonyl (C=O) groups excluding carboxylic acids is 1. The summed E-state index contributed by atoms with van der Waals surface area (Å²) in [6, 6.07) is 3.45. The molecule has 0 spiro atoms. The molecule has 0 N–H and O–H groups in total. The zero-order valence-corrected chi connectivity index (χ0v) is 10.8. The first kappa shape index (κ1) is 14.0. The van der Waals surface area contributed by atoms with Crippen LogP contribution in [0.4, 0.5) is 0 Å². The van der Waals surface area contributed by atoms with Crippen molar-refractivity contribution in [2.75, 3.05) is 0 Å². The molecule has 1 aromatic heterocycles. The highest BCUT2D eigenvalue weighted by Crippen LogP contribution is 2.12. The third-order valence-corrected chi connectivity index (χ3v) is 2.77. The van der Waals surface area contributed by atoms with Gasteiger partial charge in [0.05, 0.1) is 6.10 Å². The zero-order chi connectivity index (χ0) is 12.5. The van der Waals surface area contributed by atoms with Gasteiger partial charge in [-0.3, -0.25) is 4.79 Å². The van der Waals surface area contributed by atoms with Crippen LogP contribution in [-0.4, -0.2) is 12.4 Å². The number of unbranched alkanes of at least 4 members (excludes halogenated alkanes) is 3. The standard InChI is InChI=1S/C14H22O3/c1-3-4-5-6-7-12(2)16-11-14-9-8-13(10-15)17-14/h8-10,12H,3-7,11H2,1-2H3. The zero-order valence-electron chi connectivity index (χ0n) is 10.8. The summed E-state index contributed by atoms with van der Waals surface area (Å²) in [4.78, 5) is 10.4. The third kappa shape index (κ3) is 5.68. The number of carbonyl (C=O) groups is 1. The van der Waals surface area contributed by atoms with Gasteiger partial charge in [0, 0.05) is 0 Å². The first-order chi connectivity index (χ1) is 8.26. The van der Waals surface area contributed by atoms with Crippen LogP contribution in [0.5, 0.6) is 0 Å². The van der Waals surface area contributed by atoms with E-state index in [0.717, 1.165) is 6.42 Å². The highest BCUT2D eigenvalue weighted by Gasteiger charge is 2.05. The largest absolute Gasteiger partial charge is 0.456 e. The maximum Gasteiger partial charge on any atom is 0.185 e. The van der Waals surface area contributed by atoms with Crippen LogP contribution in [0.1, 0.15) is 62.3 Å². The first-order valence-corrected chi connectivity index (χ1v) is 6.41. The Balaban J connectivity index is 2.14. The second kappa shape index (κ2) is 8.07. The van der Waals surface area contributed by atoms with Crippen LogP contribution in [0.25, 0.3) is 0 Å². The van der Waals surface area contributed by atoms with E-state index in [0.29, 0.717) is 24.4 Å². The van der Waals surface area contributed by atoms with Crippen molar-refractivity contribution >= 4 is 6.29 Å². The van der Waals surface area contributed by atoms with E-state index < -0.39 is 0 Å². The third-order valence-electron chi connectivity index (χ3n) is 2.77. The Morgan fingerprint density at radius 1 is 1.35 bits per heavy atom. The lowest BCUT2D eigenvalue weighted by Crippen LogP contribution is -2.07. The van der Waals surface area contributed by atoms with Gasteiger partial charge in [-0.2, -0.15) is 0 Å². The van der Waals surface area contributed by atoms with E-state index in [2.05, 4.69) is 13.8 Å². The maximum atomic E-state index is 10.4. The van der Waals surface area contributed by atoms with Crippen LogP contribution in [0.2, 0.25) is 0 Å². The van der Waals surface area contributed by atoms with Gasteiger partial charge in [0.15, 0.2) is 12.0 Å². The predicted molar refractivity (Wildman–Crippen MR) is 67.1 cm³/mol. The molecule has 17 heavy (non-hydrogen) atoms. The number of aldehydes is 1. The van der Waals surface area contributed by atoms with E-state index in [-0.39, 0.29) is 6.10 Å². The summed E-state index contributed by atoms with van der Waals surface area (Å²) in [6.07, 6.45) is 7.09. The average Bonchev–Trinajstić information content (AvgIpc) is 2.80. The molecule has 0 amide bonds. The number of furan rings is 1. The number of ether oxygens (including phenoxy) is 1. The van der Waals surface area contributed by atoms with Crippen LogP contribution in [0, 0.1) is 0 Å². The molecule has 1 atom stereocenters. The van der Waals surface area contributed by atoms with Crippen molar-refractivity contribution in [1.82, 2.24) is 0 Å². The molecule has 0 bridgehead atoms. The molecular formula is C14H22O3. The minimum atomic E-state index is 0.247. The van der Waals surface area contributed by atoms with Gasteiger partial charge in [0.1, 0.15) is 12.4 Å². The van der Waals surface area contributed by atoms with E-state index in [4.69, 9.17) is 9.15 Å². The van der Waals surface area contributed by atoms with Gasteiger partial charge in [0.25, 0.3) is 0 Å². The van der Waals surface area contributed by atoms with Crippen molar-refractivity contribution in [1.29, 1.82) is 0 Å². The summed E-state index contributed by atoms with van der Waals surface area (Å²) in [6.45, 7) is 4.74. The van der Waals surface area contributed by atoms with Crippen molar-refractivity contribution < 1.29 is 13.9 Å². The molecule has 1 rings (SSSR count). The lowest BCUT2D eigenvalue weighted by atomic mass is 10.1. The van der Waals surface area contributed by atoms with Gasteiger partial charge in [0.2, 0.25) is 0 Å². The molecule has 0 fully saturated rings. The van der Waals surface area contributed by atoms with E-state index in [1.165, 1.54) is 25.7 Å². The number of hydrogen-bond acceptors (Lipinski definition) is 3. The summed E-state index contributed by atoms with van der Waals surface area (Å²) in [7, 11) is 0. The number of rotatable bonds is 9. The molecule has 0 saturated heterocycles. The second-order valence-electron chi connectivity index (χ2n) is 4.39. The molecule has 0 aliphatic carbocycles. The Hall–Kier alpha value is -1.09. The van der Waals surface area contributed by atoms with Crippen molar-refractivity contribution in [3.63, 3.8) is 0 Å². The summed E-state index contributed by atoms with van der Waals surface area (Å²) < 4.78 is 10.9. The highest BCUT2D eigenvalue weighted by molar-refractivity contribution is 5.70. The topological polar surface area (TPSA) is 39.4 Å². The van der Waals surface area contributed by atoms with Crippen LogP contribution in [-0.2, 0) is 11.3 Å². The molecular weight excluding hydrogens is 216 g/mol. The van der Waals surface area contributed by atoms with Gasteiger partial charge in [-0.25, -0.2) is 0 Å². The van der Waals surface area contributed by atoms with Crippen molar-refractivity contribution in [3.05, 3.63) is 23.7 Å². The van der Waals surface area contributed by atoms with E-state index in [9.17, 15) is 4.79 Å². The number of hydrogen-bond donors (Lipinski definition) is 0. The summed E-state index contributed by atoms with van der Waals surface area (Å²) in [5, 5.41) is 0. The maximum absolute atomic E-state index is 10.4. The lowest BCUT2D eigenvalue weighted by Gasteiger charge is -2.11. The molecule has 3 heteroatoms. The molecule has 0 saturated carbocycles. The van der Waals surface area contributed by atoms with E-state index in [1.807, 2.05) is 0 Å². The minimum absolute atomic E-state index is 0.247. The van der Waals surface area contributed by atoms with Crippen molar-refractivity contribution in [3.8, 4) is 0 Å². The second-order valence-corrected chi connectivity index (χ2v) is 4.39. The molecule has 96 valence electrons. The van der Waals surface area contributed by atoms with Gasteiger partial charge in [-0.05, 0) is 25.5 Å². The summed E-state index contributed by atoms with van der Waals surface area (Å²) >= 11 is 0. The predicted octanol–water partition coefficient (Wildman–Crippen LogP) is 3.97. The fourth-order valence-corrected chi connectivity index (χ4v) is 1.70. The van der Waals surface area contributed by atoms with Gasteiger partial charge in [-0.1, -0.05) is 32.6 Å². The van der Waals surface area contributed by atoms with E-state index in [1.54, 1.807) is 12.1 Å². The molecule has 1 unspecified atom stereocenters. The molecule has 0 aliphatic rings. The molecule has 1 heterocycles. The van der Waals surface area contributed by atoms with Gasteiger partial charge >= 0.3 is 0 Å². The normalized spacial score (nSPS) is 12.6. The van der Waals surface area contributed by atoms with Crippen LogP contribution < -0.4 is 0 Å². The van der Waals surface area contributed by atoms with E-state index >= 15 is 0 Å². The molecule has 0 aliphatic heterocycles. The van der Waals surface area contributed by atoms with Crippen LogP contribution >= 0.6 is 0 Å². The van der Waals surface area contributed by atoms with Crippen LogP contribution in [0.15, 0.2) is 16.5 Å².